The third kappa shape index (κ3) is 5.66. The lowest BCUT2D eigenvalue weighted by molar-refractivity contribution is -0.120. The summed E-state index contributed by atoms with van der Waals surface area (Å²) < 4.78 is 36.4. The zero-order valence-electron chi connectivity index (χ0n) is 18.4. The number of sulfonamides is 1. The van der Waals surface area contributed by atoms with E-state index in [0.717, 1.165) is 27.3 Å². The van der Waals surface area contributed by atoms with Gasteiger partial charge in [-0.3, -0.25) is 9.10 Å². The number of nitrogens with one attached hydrogen (secondary N) is 1. The summed E-state index contributed by atoms with van der Waals surface area (Å²) in [5, 5.41) is 2.93. The highest BCUT2D eigenvalue weighted by molar-refractivity contribution is 7.92. The number of aryl methyl sites for hydroxylation is 2. The minimum atomic E-state index is -3.63. The fraction of sp³-hybridized carbons (Fsp3) is 0.409. The van der Waals surface area contributed by atoms with Crippen molar-refractivity contribution in [3.63, 3.8) is 0 Å². The van der Waals surface area contributed by atoms with Crippen LogP contribution in [0.25, 0.3) is 0 Å². The number of amides is 1. The first-order chi connectivity index (χ1) is 14.1. The van der Waals surface area contributed by atoms with Crippen LogP contribution in [0.5, 0.6) is 11.5 Å². The highest BCUT2D eigenvalue weighted by Gasteiger charge is 2.23. The van der Waals surface area contributed by atoms with Crippen molar-refractivity contribution in [1.82, 2.24) is 5.32 Å². The standard InChI is InChI=1S/C22H30N2O5S/c1-7-19(17-9-11-20(28-4)21(13-17)29-5)23-22(25)14-24(30(6,26)27)18-10-8-15(2)16(3)12-18/h8-13,19H,7,14H2,1-6H3,(H,23,25)/t19-/m1/s1. The molecule has 0 bridgehead atoms. The SMILES string of the molecule is CC[C@@H](NC(=O)CN(c1ccc(C)c(C)c1)S(C)(=O)=O)c1ccc(OC)c(OC)c1. The quantitative estimate of drug-likeness (QED) is 0.654. The Hall–Kier alpha value is -2.74. The molecule has 7 nitrogen and oxygen atoms in total. The van der Waals surface area contributed by atoms with Gasteiger partial charge in [-0.15, -0.1) is 0 Å². The minimum Gasteiger partial charge on any atom is -0.493 e. The largest absolute Gasteiger partial charge is 0.493 e. The second-order valence-corrected chi connectivity index (χ2v) is 9.09. The number of anilines is 1. The number of benzene rings is 2. The minimum absolute atomic E-state index is 0.293. The van der Waals surface area contributed by atoms with Crippen molar-refractivity contribution in [1.29, 1.82) is 0 Å². The molecule has 1 atom stereocenters. The predicted octanol–water partition coefficient (Wildman–Crippen LogP) is 3.35. The first kappa shape index (κ1) is 23.5. The molecule has 2 aromatic rings. The van der Waals surface area contributed by atoms with Crippen LogP contribution in [-0.2, 0) is 14.8 Å². The molecule has 0 saturated heterocycles. The second kappa shape index (κ2) is 9.84. The van der Waals surface area contributed by atoms with Crippen molar-refractivity contribution in [2.75, 3.05) is 31.3 Å². The molecule has 0 aliphatic rings. The van der Waals surface area contributed by atoms with Gasteiger partial charge in [-0.05, 0) is 61.2 Å². The van der Waals surface area contributed by atoms with Crippen LogP contribution in [0.2, 0.25) is 0 Å². The monoisotopic (exact) mass is 434 g/mol. The van der Waals surface area contributed by atoms with Crippen molar-refractivity contribution >= 4 is 21.6 Å². The van der Waals surface area contributed by atoms with E-state index in [-0.39, 0.29) is 18.5 Å². The normalized spacial score (nSPS) is 12.2. The summed E-state index contributed by atoms with van der Waals surface area (Å²) in [7, 11) is -0.524. The number of ether oxygens (including phenoxy) is 2. The van der Waals surface area contributed by atoms with E-state index in [1.54, 1.807) is 32.4 Å². The van der Waals surface area contributed by atoms with E-state index in [0.29, 0.717) is 23.6 Å². The smallest absolute Gasteiger partial charge is 0.241 e. The Labute approximate surface area is 179 Å². The third-order valence-corrected chi connectivity index (χ3v) is 6.16. The molecule has 1 amide bonds. The molecular weight excluding hydrogens is 404 g/mol. The maximum atomic E-state index is 12.8. The van der Waals surface area contributed by atoms with Gasteiger partial charge >= 0.3 is 0 Å². The molecule has 0 aromatic heterocycles. The summed E-state index contributed by atoms with van der Waals surface area (Å²) in [6.07, 6.45) is 1.73. The molecule has 0 saturated carbocycles. The van der Waals surface area contributed by atoms with E-state index >= 15 is 0 Å². The molecule has 0 aliphatic heterocycles. The number of methoxy groups -OCH3 is 2. The van der Waals surface area contributed by atoms with Crippen molar-refractivity contribution in [2.45, 2.75) is 33.2 Å². The van der Waals surface area contributed by atoms with E-state index in [1.165, 1.54) is 0 Å². The lowest BCUT2D eigenvalue weighted by Gasteiger charge is -2.25. The van der Waals surface area contributed by atoms with Gasteiger partial charge in [-0.25, -0.2) is 8.42 Å². The maximum Gasteiger partial charge on any atom is 0.241 e. The average molecular weight is 435 g/mol. The number of nitrogens with zero attached hydrogens (tertiary/aromatic N) is 1. The molecule has 8 heteroatoms. The Balaban J connectivity index is 2.24. The van der Waals surface area contributed by atoms with Gasteiger partial charge < -0.3 is 14.8 Å². The van der Waals surface area contributed by atoms with Crippen molar-refractivity contribution < 1.29 is 22.7 Å². The highest BCUT2D eigenvalue weighted by atomic mass is 32.2. The van der Waals surface area contributed by atoms with E-state index in [4.69, 9.17) is 9.47 Å². The molecule has 30 heavy (non-hydrogen) atoms. The lowest BCUT2D eigenvalue weighted by Crippen LogP contribution is -2.41. The maximum absolute atomic E-state index is 12.8. The Morgan fingerprint density at radius 3 is 2.23 bits per heavy atom. The fourth-order valence-electron chi connectivity index (χ4n) is 3.14. The zero-order chi connectivity index (χ0) is 22.5. The van der Waals surface area contributed by atoms with Crippen molar-refractivity contribution in [3.8, 4) is 11.5 Å². The summed E-state index contributed by atoms with van der Waals surface area (Å²) in [5.74, 6) is 0.774. The summed E-state index contributed by atoms with van der Waals surface area (Å²) in [5.41, 5.74) is 3.32. The summed E-state index contributed by atoms with van der Waals surface area (Å²) >= 11 is 0. The van der Waals surface area contributed by atoms with E-state index in [9.17, 15) is 13.2 Å². The molecule has 2 rings (SSSR count). The first-order valence-corrected chi connectivity index (χ1v) is 11.5. The number of carbonyl (C=O) groups excluding carboxylic acids is 1. The van der Waals surface area contributed by atoms with E-state index < -0.39 is 10.0 Å². The van der Waals surface area contributed by atoms with Crippen molar-refractivity contribution in [3.05, 3.63) is 53.1 Å². The van der Waals surface area contributed by atoms with Gasteiger partial charge in [0, 0.05) is 0 Å². The molecule has 0 fully saturated rings. The van der Waals surface area contributed by atoms with Gasteiger partial charge in [-0.2, -0.15) is 0 Å². The predicted molar refractivity (Wildman–Crippen MR) is 119 cm³/mol. The van der Waals surface area contributed by atoms with Gasteiger partial charge in [0.25, 0.3) is 0 Å². The molecule has 1 N–H and O–H groups in total. The second-order valence-electron chi connectivity index (χ2n) is 7.18. The Kier molecular flexibility index (Phi) is 7.72. The summed E-state index contributed by atoms with van der Waals surface area (Å²) in [6.45, 7) is 5.50. The van der Waals surface area contributed by atoms with E-state index in [1.807, 2.05) is 39.0 Å². The Bertz CT molecular complexity index is 1000. The van der Waals surface area contributed by atoms with Gasteiger partial charge in [0.05, 0.1) is 32.2 Å². The molecule has 0 unspecified atom stereocenters. The molecule has 0 spiro atoms. The number of carbonyl (C=O) groups is 1. The zero-order valence-corrected chi connectivity index (χ0v) is 19.2. The Morgan fingerprint density at radius 1 is 1.03 bits per heavy atom. The van der Waals surface area contributed by atoms with Gasteiger partial charge in [0.2, 0.25) is 15.9 Å². The van der Waals surface area contributed by atoms with Crippen LogP contribution in [0, 0.1) is 13.8 Å². The van der Waals surface area contributed by atoms with Gasteiger partial charge in [0.15, 0.2) is 11.5 Å². The van der Waals surface area contributed by atoms with Crippen LogP contribution in [0.15, 0.2) is 36.4 Å². The molecule has 0 aliphatic carbocycles. The number of rotatable bonds is 9. The molecule has 2 aromatic carbocycles. The number of hydrogen-bond donors (Lipinski definition) is 1. The van der Waals surface area contributed by atoms with Gasteiger partial charge in [-0.1, -0.05) is 19.1 Å². The van der Waals surface area contributed by atoms with Crippen LogP contribution >= 0.6 is 0 Å². The van der Waals surface area contributed by atoms with Gasteiger partial charge in [0.1, 0.15) is 6.54 Å². The van der Waals surface area contributed by atoms with Crippen molar-refractivity contribution in [2.24, 2.45) is 0 Å². The van der Waals surface area contributed by atoms with Crippen LogP contribution in [0.3, 0.4) is 0 Å². The number of hydrogen-bond acceptors (Lipinski definition) is 5. The van der Waals surface area contributed by atoms with Crippen LogP contribution in [0.4, 0.5) is 5.69 Å². The summed E-state index contributed by atoms with van der Waals surface area (Å²) in [6, 6.07) is 10.5. The average Bonchev–Trinajstić information content (AvgIpc) is 2.71. The van der Waals surface area contributed by atoms with Crippen LogP contribution in [-0.4, -0.2) is 41.3 Å². The molecular formula is C22H30N2O5S. The highest BCUT2D eigenvalue weighted by Crippen LogP contribution is 2.31. The van der Waals surface area contributed by atoms with Crippen LogP contribution in [0.1, 0.15) is 36.1 Å². The first-order valence-electron chi connectivity index (χ1n) is 9.67. The third-order valence-electron chi connectivity index (χ3n) is 5.02. The topological polar surface area (TPSA) is 84.9 Å². The summed E-state index contributed by atoms with van der Waals surface area (Å²) in [4.78, 5) is 12.8. The van der Waals surface area contributed by atoms with Crippen LogP contribution < -0.4 is 19.1 Å². The Morgan fingerprint density at radius 2 is 1.70 bits per heavy atom. The lowest BCUT2D eigenvalue weighted by atomic mass is 10.0. The molecule has 164 valence electrons. The van der Waals surface area contributed by atoms with E-state index in [2.05, 4.69) is 5.32 Å². The molecule has 0 heterocycles. The molecule has 0 radical (unpaired) electrons. The fourth-order valence-corrected chi connectivity index (χ4v) is 3.99.